The zero-order valence-corrected chi connectivity index (χ0v) is 11.8. The highest BCUT2D eigenvalue weighted by atomic mass is 32.2. The van der Waals surface area contributed by atoms with Crippen molar-refractivity contribution in [3.8, 4) is 0 Å². The molecule has 0 unspecified atom stereocenters. The number of nitrogen functional groups attached to an aromatic ring is 1. The van der Waals surface area contributed by atoms with Crippen molar-refractivity contribution in [2.75, 3.05) is 15.8 Å². The molecule has 0 aliphatic carbocycles. The van der Waals surface area contributed by atoms with Crippen molar-refractivity contribution >= 4 is 33.0 Å². The fourth-order valence-electron chi connectivity index (χ4n) is 2.14. The summed E-state index contributed by atoms with van der Waals surface area (Å²) in [5.74, 6) is -0.133. The lowest BCUT2D eigenvalue weighted by Gasteiger charge is -2.09. The number of carbonyl (C=O) groups is 1. The van der Waals surface area contributed by atoms with E-state index in [0.717, 1.165) is 0 Å². The highest BCUT2D eigenvalue weighted by Crippen LogP contribution is 2.26. The first-order valence-electron chi connectivity index (χ1n) is 6.25. The molecule has 0 saturated heterocycles. The van der Waals surface area contributed by atoms with Crippen molar-refractivity contribution in [3.05, 3.63) is 48.0 Å². The molecule has 7 heteroatoms. The maximum Gasteiger partial charge on any atom is 0.261 e. The van der Waals surface area contributed by atoms with Gasteiger partial charge in [-0.2, -0.15) is 0 Å². The Hall–Kier alpha value is -2.54. The van der Waals surface area contributed by atoms with E-state index in [9.17, 15) is 13.2 Å². The van der Waals surface area contributed by atoms with Gasteiger partial charge in [0.2, 0.25) is 5.91 Å². The highest BCUT2D eigenvalue weighted by molar-refractivity contribution is 7.92. The Bertz CT molecular complexity index is 814. The van der Waals surface area contributed by atoms with Gasteiger partial charge in [0, 0.05) is 17.1 Å². The monoisotopic (exact) mass is 303 g/mol. The lowest BCUT2D eigenvalue weighted by molar-refractivity contribution is -0.115. The molecule has 0 aromatic heterocycles. The Morgan fingerprint density at radius 1 is 1.10 bits per heavy atom. The van der Waals surface area contributed by atoms with Crippen LogP contribution in [0.3, 0.4) is 0 Å². The molecule has 0 saturated carbocycles. The van der Waals surface area contributed by atoms with Crippen molar-refractivity contribution < 1.29 is 13.2 Å². The Morgan fingerprint density at radius 2 is 1.81 bits per heavy atom. The van der Waals surface area contributed by atoms with E-state index in [1.54, 1.807) is 30.3 Å². The van der Waals surface area contributed by atoms with E-state index in [2.05, 4.69) is 10.0 Å². The van der Waals surface area contributed by atoms with Crippen molar-refractivity contribution in [1.29, 1.82) is 0 Å². The molecule has 1 amide bonds. The van der Waals surface area contributed by atoms with Crippen LogP contribution < -0.4 is 15.8 Å². The average molecular weight is 303 g/mol. The van der Waals surface area contributed by atoms with Gasteiger partial charge in [0.15, 0.2) is 0 Å². The van der Waals surface area contributed by atoms with Gasteiger partial charge in [0.25, 0.3) is 10.0 Å². The summed E-state index contributed by atoms with van der Waals surface area (Å²) in [6.07, 6.45) is 0.195. The normalized spacial score (nSPS) is 13.6. The first-order valence-corrected chi connectivity index (χ1v) is 7.73. The van der Waals surface area contributed by atoms with Crippen LogP contribution >= 0.6 is 0 Å². The van der Waals surface area contributed by atoms with Crippen molar-refractivity contribution in [2.24, 2.45) is 0 Å². The summed E-state index contributed by atoms with van der Waals surface area (Å²) in [5, 5.41) is 2.66. The van der Waals surface area contributed by atoms with Gasteiger partial charge in [-0.25, -0.2) is 8.42 Å². The van der Waals surface area contributed by atoms with Gasteiger partial charge >= 0.3 is 0 Å². The van der Waals surface area contributed by atoms with E-state index >= 15 is 0 Å². The van der Waals surface area contributed by atoms with Crippen LogP contribution in [0.25, 0.3) is 0 Å². The number of rotatable bonds is 3. The summed E-state index contributed by atoms with van der Waals surface area (Å²) in [5.41, 5.74) is 7.88. The molecule has 6 nitrogen and oxygen atoms in total. The molecule has 1 aliphatic rings. The van der Waals surface area contributed by atoms with Gasteiger partial charge in [-0.05, 0) is 48.0 Å². The number of nitrogens with one attached hydrogen (secondary N) is 2. The van der Waals surface area contributed by atoms with Crippen molar-refractivity contribution in [2.45, 2.75) is 11.3 Å². The summed E-state index contributed by atoms with van der Waals surface area (Å²) in [7, 11) is -3.70. The second kappa shape index (κ2) is 4.78. The molecule has 1 aliphatic heterocycles. The van der Waals surface area contributed by atoms with Crippen LogP contribution in [0.5, 0.6) is 0 Å². The molecule has 0 atom stereocenters. The minimum Gasteiger partial charge on any atom is -0.399 e. The summed E-state index contributed by atoms with van der Waals surface area (Å²) >= 11 is 0. The van der Waals surface area contributed by atoms with E-state index in [1.165, 1.54) is 12.1 Å². The smallest absolute Gasteiger partial charge is 0.261 e. The van der Waals surface area contributed by atoms with Gasteiger partial charge in [0.1, 0.15) is 0 Å². The Kier molecular flexibility index (Phi) is 3.06. The molecule has 1 heterocycles. The first-order chi connectivity index (χ1) is 9.94. The quantitative estimate of drug-likeness (QED) is 0.749. The standard InChI is InChI=1S/C14H13N3O3S/c15-10-1-3-11(4-2-10)17-21(19,20)12-5-6-13-9(7-12)8-14(18)16-13/h1-7,17H,8,15H2,(H,16,18). The number of anilines is 3. The Balaban J connectivity index is 1.90. The van der Waals surface area contributed by atoms with Gasteiger partial charge in [-0.15, -0.1) is 0 Å². The van der Waals surface area contributed by atoms with E-state index < -0.39 is 10.0 Å². The summed E-state index contributed by atoms with van der Waals surface area (Å²) in [4.78, 5) is 11.4. The second-order valence-corrected chi connectivity index (χ2v) is 6.45. The van der Waals surface area contributed by atoms with Crippen LogP contribution in [0.2, 0.25) is 0 Å². The number of amides is 1. The molecule has 2 aromatic carbocycles. The molecule has 108 valence electrons. The van der Waals surface area contributed by atoms with E-state index in [4.69, 9.17) is 5.73 Å². The lowest BCUT2D eigenvalue weighted by atomic mass is 10.2. The molecule has 0 radical (unpaired) electrons. The van der Waals surface area contributed by atoms with Gasteiger partial charge < -0.3 is 11.1 Å². The molecular formula is C14H13N3O3S. The Morgan fingerprint density at radius 3 is 2.52 bits per heavy atom. The fraction of sp³-hybridized carbons (Fsp3) is 0.0714. The third-order valence-corrected chi connectivity index (χ3v) is 4.55. The number of hydrogen-bond donors (Lipinski definition) is 3. The van der Waals surface area contributed by atoms with Gasteiger partial charge in [-0.3, -0.25) is 9.52 Å². The number of fused-ring (bicyclic) bond motifs is 1. The summed E-state index contributed by atoms with van der Waals surface area (Å²) in [6.45, 7) is 0. The fourth-order valence-corrected chi connectivity index (χ4v) is 3.25. The average Bonchev–Trinajstić information content (AvgIpc) is 2.80. The molecule has 0 bridgehead atoms. The maximum atomic E-state index is 12.3. The maximum absolute atomic E-state index is 12.3. The van der Waals surface area contributed by atoms with Crippen LogP contribution in [0.15, 0.2) is 47.4 Å². The van der Waals surface area contributed by atoms with E-state index in [0.29, 0.717) is 22.6 Å². The Labute approximate surface area is 122 Å². The molecule has 3 rings (SSSR count). The minimum absolute atomic E-state index is 0.120. The van der Waals surface area contributed by atoms with Crippen LogP contribution in [0.4, 0.5) is 17.1 Å². The minimum atomic E-state index is -3.70. The van der Waals surface area contributed by atoms with Crippen LogP contribution in [-0.4, -0.2) is 14.3 Å². The molecular weight excluding hydrogens is 290 g/mol. The molecule has 21 heavy (non-hydrogen) atoms. The van der Waals surface area contributed by atoms with Crippen molar-refractivity contribution in [1.82, 2.24) is 0 Å². The number of carbonyl (C=O) groups excluding carboxylic acids is 1. The van der Waals surface area contributed by atoms with Crippen LogP contribution in [0.1, 0.15) is 5.56 Å². The van der Waals surface area contributed by atoms with Gasteiger partial charge in [0.05, 0.1) is 11.3 Å². The van der Waals surface area contributed by atoms with Crippen LogP contribution in [-0.2, 0) is 21.2 Å². The second-order valence-electron chi connectivity index (χ2n) is 4.77. The predicted octanol–water partition coefficient (Wildman–Crippen LogP) is 1.56. The zero-order valence-electron chi connectivity index (χ0n) is 11.0. The van der Waals surface area contributed by atoms with E-state index in [1.807, 2.05) is 0 Å². The molecule has 0 fully saturated rings. The van der Waals surface area contributed by atoms with Gasteiger partial charge in [-0.1, -0.05) is 0 Å². The third kappa shape index (κ3) is 2.68. The molecule has 2 aromatic rings. The largest absolute Gasteiger partial charge is 0.399 e. The third-order valence-electron chi connectivity index (χ3n) is 3.18. The predicted molar refractivity (Wildman–Crippen MR) is 80.4 cm³/mol. The lowest BCUT2D eigenvalue weighted by Crippen LogP contribution is -2.13. The molecule has 0 spiro atoms. The van der Waals surface area contributed by atoms with E-state index in [-0.39, 0.29) is 17.2 Å². The number of benzene rings is 2. The molecule has 4 N–H and O–H groups in total. The highest BCUT2D eigenvalue weighted by Gasteiger charge is 2.21. The zero-order chi connectivity index (χ0) is 15.0. The van der Waals surface area contributed by atoms with Crippen molar-refractivity contribution in [3.63, 3.8) is 0 Å². The topological polar surface area (TPSA) is 101 Å². The number of sulfonamides is 1. The van der Waals surface area contributed by atoms with Crippen LogP contribution in [0, 0.1) is 0 Å². The SMILES string of the molecule is Nc1ccc(NS(=O)(=O)c2ccc3c(c2)CC(=O)N3)cc1. The first kappa shape index (κ1) is 13.4. The number of hydrogen-bond acceptors (Lipinski definition) is 4. The number of nitrogens with two attached hydrogens (primary N) is 1. The summed E-state index contributed by atoms with van der Waals surface area (Å²) < 4.78 is 27.1. The summed E-state index contributed by atoms with van der Waals surface area (Å²) in [6, 6.07) is 11.0.